The van der Waals surface area contributed by atoms with Crippen LogP contribution in [0.15, 0.2) is 9.90 Å². The number of aromatic nitrogens is 3. The Morgan fingerprint density at radius 3 is 2.35 bits per heavy atom. The Balaban J connectivity index is 2.52. The molecule has 0 bridgehead atoms. The summed E-state index contributed by atoms with van der Waals surface area (Å²) in [5.41, 5.74) is 1.16. The van der Waals surface area contributed by atoms with Crippen LogP contribution in [0.5, 0.6) is 0 Å². The zero-order valence-electron chi connectivity index (χ0n) is 12.9. The van der Waals surface area contributed by atoms with Crippen LogP contribution in [0.2, 0.25) is 0 Å². The molecule has 0 unspecified atom stereocenters. The van der Waals surface area contributed by atoms with Gasteiger partial charge >= 0.3 is 0 Å². The van der Waals surface area contributed by atoms with Gasteiger partial charge in [-0.3, -0.25) is 4.79 Å². The van der Waals surface area contributed by atoms with Crippen molar-refractivity contribution in [1.29, 1.82) is 0 Å². The number of nitrogens with zero attached hydrogens (tertiary/aromatic N) is 4. The third-order valence-corrected chi connectivity index (χ3v) is 3.60. The van der Waals surface area contributed by atoms with Gasteiger partial charge < -0.3 is 0 Å². The maximum absolute atomic E-state index is 12.6. The van der Waals surface area contributed by atoms with Gasteiger partial charge in [0.05, 0.1) is 0 Å². The molecule has 1 heterocycles. The normalized spacial score (nSPS) is 16.3. The molecule has 1 aromatic rings. The van der Waals surface area contributed by atoms with Crippen LogP contribution in [0.1, 0.15) is 71.3 Å². The monoisotopic (exact) mass is 276 g/mol. The van der Waals surface area contributed by atoms with Crippen molar-refractivity contribution in [3.8, 4) is 0 Å². The fraction of sp³-hybridized carbons (Fsp3) is 0.733. The van der Waals surface area contributed by atoms with Gasteiger partial charge in [-0.25, -0.2) is 0 Å². The average molecular weight is 276 g/mol. The van der Waals surface area contributed by atoms with Crippen molar-refractivity contribution in [2.45, 2.75) is 71.6 Å². The lowest BCUT2D eigenvalue weighted by Crippen LogP contribution is -2.34. The fourth-order valence-corrected chi connectivity index (χ4v) is 2.41. The van der Waals surface area contributed by atoms with Gasteiger partial charge in [-0.2, -0.15) is 9.78 Å². The molecule has 1 aliphatic carbocycles. The van der Waals surface area contributed by atoms with E-state index < -0.39 is 0 Å². The minimum Gasteiger partial charge on any atom is -0.265 e. The molecule has 0 atom stereocenters. The van der Waals surface area contributed by atoms with Crippen LogP contribution in [0.3, 0.4) is 0 Å². The maximum Gasteiger partial charge on any atom is 0.296 e. The highest BCUT2D eigenvalue weighted by Crippen LogP contribution is 2.17. The molecule has 0 spiro atoms. The van der Waals surface area contributed by atoms with E-state index in [1.54, 1.807) is 0 Å². The quantitative estimate of drug-likeness (QED) is 0.834. The summed E-state index contributed by atoms with van der Waals surface area (Å²) in [5, 5.41) is 12.9. The lowest BCUT2D eigenvalue weighted by Gasteiger charge is -2.18. The van der Waals surface area contributed by atoms with Gasteiger partial charge in [0.2, 0.25) is 0 Å². The van der Waals surface area contributed by atoms with Gasteiger partial charge in [-0.15, -0.1) is 10.2 Å². The molecule has 0 amide bonds. The zero-order valence-corrected chi connectivity index (χ0v) is 12.9. The molecule has 20 heavy (non-hydrogen) atoms. The summed E-state index contributed by atoms with van der Waals surface area (Å²) in [6.07, 6.45) is 6.23. The van der Waals surface area contributed by atoms with Gasteiger partial charge in [-0.05, 0) is 25.7 Å². The lowest BCUT2D eigenvalue weighted by molar-refractivity contribution is 0.519. The van der Waals surface area contributed by atoms with Gasteiger partial charge in [-0.1, -0.05) is 34.1 Å². The first-order valence-electron chi connectivity index (χ1n) is 7.49. The van der Waals surface area contributed by atoms with Crippen molar-refractivity contribution < 1.29 is 0 Å². The summed E-state index contributed by atoms with van der Waals surface area (Å²) >= 11 is 0. The molecule has 1 aliphatic rings. The highest BCUT2D eigenvalue weighted by Gasteiger charge is 2.23. The first-order chi connectivity index (χ1) is 9.43. The second-order valence-electron chi connectivity index (χ2n) is 6.41. The van der Waals surface area contributed by atoms with Crippen LogP contribution in [0.25, 0.3) is 0 Å². The number of hydrogen-bond donors (Lipinski definition) is 0. The topological polar surface area (TPSA) is 60.1 Å². The summed E-state index contributed by atoms with van der Waals surface area (Å²) in [5.74, 6) is 0.640. The molecule has 0 aromatic carbocycles. The number of hydrogen-bond acceptors (Lipinski definition) is 4. The minimum absolute atomic E-state index is 0.123. The molecule has 2 rings (SSSR count). The summed E-state index contributed by atoms with van der Waals surface area (Å²) in [4.78, 5) is 12.6. The standard InChI is InChI=1S/C15H24N4O/c1-5-12-16-17-13(15(2,3)4)14(20)19(12)18-11-9-7-6-8-10-11/h5-10H2,1-4H3. The van der Waals surface area contributed by atoms with Crippen LogP contribution >= 0.6 is 0 Å². The van der Waals surface area contributed by atoms with E-state index >= 15 is 0 Å². The van der Waals surface area contributed by atoms with Crippen LogP contribution in [0, 0.1) is 0 Å². The maximum atomic E-state index is 12.6. The first-order valence-corrected chi connectivity index (χ1v) is 7.49. The Bertz CT molecular complexity index is 558. The summed E-state index contributed by atoms with van der Waals surface area (Å²) < 4.78 is 1.48. The van der Waals surface area contributed by atoms with E-state index in [9.17, 15) is 4.79 Å². The van der Waals surface area contributed by atoms with Gasteiger partial charge in [0.25, 0.3) is 5.56 Å². The molecular formula is C15H24N4O. The molecule has 0 radical (unpaired) electrons. The fourth-order valence-electron chi connectivity index (χ4n) is 2.41. The van der Waals surface area contributed by atoms with Crippen molar-refractivity contribution in [3.05, 3.63) is 21.9 Å². The summed E-state index contributed by atoms with van der Waals surface area (Å²) in [6, 6.07) is 0. The van der Waals surface area contributed by atoms with Crippen LogP contribution in [0.4, 0.5) is 0 Å². The Kier molecular flexibility index (Phi) is 4.35. The molecule has 110 valence electrons. The van der Waals surface area contributed by atoms with E-state index in [4.69, 9.17) is 0 Å². The predicted octanol–water partition coefficient (Wildman–Crippen LogP) is 2.67. The molecule has 1 aromatic heterocycles. The smallest absolute Gasteiger partial charge is 0.265 e. The van der Waals surface area contributed by atoms with Gasteiger partial charge in [0.15, 0.2) is 5.82 Å². The largest absolute Gasteiger partial charge is 0.296 e. The molecular weight excluding hydrogens is 252 g/mol. The van der Waals surface area contributed by atoms with Crippen LogP contribution in [-0.4, -0.2) is 20.6 Å². The predicted molar refractivity (Wildman–Crippen MR) is 80.3 cm³/mol. The molecule has 0 saturated heterocycles. The highest BCUT2D eigenvalue weighted by molar-refractivity contribution is 5.84. The molecule has 5 nitrogen and oxygen atoms in total. The van der Waals surface area contributed by atoms with E-state index in [0.29, 0.717) is 17.9 Å². The van der Waals surface area contributed by atoms with E-state index in [2.05, 4.69) is 15.3 Å². The summed E-state index contributed by atoms with van der Waals surface area (Å²) in [7, 11) is 0. The van der Waals surface area contributed by atoms with Crippen molar-refractivity contribution in [2.75, 3.05) is 0 Å². The number of rotatable bonds is 2. The molecule has 0 N–H and O–H groups in total. The van der Waals surface area contributed by atoms with E-state index in [-0.39, 0.29) is 11.0 Å². The zero-order chi connectivity index (χ0) is 14.8. The van der Waals surface area contributed by atoms with E-state index in [1.807, 2.05) is 27.7 Å². The minimum atomic E-state index is -0.315. The van der Waals surface area contributed by atoms with Crippen molar-refractivity contribution >= 4 is 5.71 Å². The Labute approximate surface area is 120 Å². The number of aryl methyl sites for hydroxylation is 1. The Hall–Kier alpha value is -1.52. The van der Waals surface area contributed by atoms with Gasteiger partial charge in [0.1, 0.15) is 5.69 Å². The Morgan fingerprint density at radius 2 is 1.80 bits per heavy atom. The van der Waals surface area contributed by atoms with Crippen LogP contribution in [-0.2, 0) is 11.8 Å². The van der Waals surface area contributed by atoms with E-state index in [1.165, 1.54) is 23.9 Å². The molecule has 1 fully saturated rings. The molecule has 1 saturated carbocycles. The summed E-state index contributed by atoms with van der Waals surface area (Å²) in [6.45, 7) is 7.89. The van der Waals surface area contributed by atoms with Crippen molar-refractivity contribution in [2.24, 2.45) is 5.10 Å². The SMILES string of the molecule is CCc1nnc(C(C)(C)C)c(=O)n1N=C1CCCCC1. The van der Waals surface area contributed by atoms with Crippen molar-refractivity contribution in [3.63, 3.8) is 0 Å². The second-order valence-corrected chi connectivity index (χ2v) is 6.41. The first kappa shape index (κ1) is 14.9. The molecule has 5 heteroatoms. The molecule has 0 aliphatic heterocycles. The van der Waals surface area contributed by atoms with E-state index in [0.717, 1.165) is 18.6 Å². The third-order valence-electron chi connectivity index (χ3n) is 3.60. The lowest BCUT2D eigenvalue weighted by atomic mass is 9.93. The Morgan fingerprint density at radius 1 is 1.15 bits per heavy atom. The van der Waals surface area contributed by atoms with Gasteiger partial charge in [0, 0.05) is 17.5 Å². The third kappa shape index (κ3) is 3.14. The highest BCUT2D eigenvalue weighted by atomic mass is 16.1. The van der Waals surface area contributed by atoms with Crippen molar-refractivity contribution in [1.82, 2.24) is 14.9 Å². The second kappa shape index (κ2) is 5.85. The average Bonchev–Trinajstić information content (AvgIpc) is 2.40. The van der Waals surface area contributed by atoms with Crippen LogP contribution < -0.4 is 5.56 Å².